The summed E-state index contributed by atoms with van der Waals surface area (Å²) in [5.41, 5.74) is 1.34. The normalized spacial score (nSPS) is 10.3. The Morgan fingerprint density at radius 3 is 2.52 bits per heavy atom. The highest BCUT2D eigenvalue weighted by Crippen LogP contribution is 2.34. The molecule has 0 radical (unpaired) electrons. The Bertz CT molecular complexity index is 667. The van der Waals surface area contributed by atoms with Crippen molar-refractivity contribution < 1.29 is 19.4 Å². The summed E-state index contributed by atoms with van der Waals surface area (Å²) in [6.45, 7) is 1.45. The summed E-state index contributed by atoms with van der Waals surface area (Å²) in [5, 5.41) is 9.12. The molecule has 0 aromatic heterocycles. The smallest absolute Gasteiger partial charge is 0.169 e. The fraction of sp³-hybridized carbons (Fsp3) is 0.188. The van der Waals surface area contributed by atoms with Crippen LogP contribution in [0.2, 0.25) is 0 Å². The molecule has 21 heavy (non-hydrogen) atoms. The number of hydrogen-bond acceptors (Lipinski definition) is 4. The van der Waals surface area contributed by atoms with Crippen molar-refractivity contribution in [2.45, 2.75) is 13.5 Å². The van der Waals surface area contributed by atoms with Gasteiger partial charge in [-0.2, -0.15) is 0 Å². The molecule has 4 nitrogen and oxygen atoms in total. The minimum atomic E-state index is -0.0600. The van der Waals surface area contributed by atoms with E-state index in [1.807, 2.05) is 0 Å². The lowest BCUT2D eigenvalue weighted by molar-refractivity contribution is 0.101. The van der Waals surface area contributed by atoms with Crippen molar-refractivity contribution in [3.8, 4) is 17.2 Å². The molecule has 0 heterocycles. The van der Waals surface area contributed by atoms with Crippen LogP contribution in [0.3, 0.4) is 0 Å². The number of benzene rings is 2. The van der Waals surface area contributed by atoms with Crippen LogP contribution in [0.4, 0.5) is 0 Å². The highest BCUT2D eigenvalue weighted by atomic mass is 79.9. The van der Waals surface area contributed by atoms with Crippen LogP contribution in [-0.2, 0) is 6.61 Å². The molecule has 1 N–H and O–H groups in total. The molecule has 0 aliphatic rings. The first-order valence-corrected chi connectivity index (χ1v) is 7.10. The van der Waals surface area contributed by atoms with E-state index in [9.17, 15) is 4.79 Å². The van der Waals surface area contributed by atoms with Gasteiger partial charge in [0.2, 0.25) is 0 Å². The maximum Gasteiger partial charge on any atom is 0.169 e. The fourth-order valence-corrected chi connectivity index (χ4v) is 2.50. The largest absolute Gasteiger partial charge is 0.493 e. The first-order chi connectivity index (χ1) is 10.0. The topological polar surface area (TPSA) is 55.8 Å². The van der Waals surface area contributed by atoms with Gasteiger partial charge in [-0.3, -0.25) is 4.79 Å². The molecule has 0 saturated carbocycles. The number of ether oxygens (including phenoxy) is 2. The van der Waals surface area contributed by atoms with E-state index in [2.05, 4.69) is 15.9 Å². The summed E-state index contributed by atoms with van der Waals surface area (Å²) >= 11 is 3.35. The zero-order valence-corrected chi connectivity index (χ0v) is 13.3. The van der Waals surface area contributed by atoms with Gasteiger partial charge in [0.05, 0.1) is 13.7 Å². The standard InChI is InChI=1S/C16H15BrO4/c1-10(19)13-5-4-12(8-14(13)17)21-15-6-3-11(9-18)7-16(15)20-2/h3-8,18H,9H2,1-2H3. The van der Waals surface area contributed by atoms with Gasteiger partial charge >= 0.3 is 0 Å². The fourth-order valence-electron chi connectivity index (χ4n) is 1.87. The molecule has 2 rings (SSSR count). The van der Waals surface area contributed by atoms with E-state index in [4.69, 9.17) is 14.6 Å². The van der Waals surface area contributed by atoms with Gasteiger partial charge in [-0.1, -0.05) is 6.07 Å². The molecule has 0 unspecified atom stereocenters. The molecular formula is C16H15BrO4. The van der Waals surface area contributed by atoms with E-state index in [0.717, 1.165) is 5.56 Å². The average Bonchev–Trinajstić information content (AvgIpc) is 2.47. The summed E-state index contributed by atoms with van der Waals surface area (Å²) in [6, 6.07) is 10.4. The van der Waals surface area contributed by atoms with Crippen LogP contribution in [0, 0.1) is 0 Å². The molecule has 5 heteroatoms. The maximum atomic E-state index is 11.4. The third-order valence-corrected chi connectivity index (χ3v) is 3.61. The number of carbonyl (C=O) groups excluding carboxylic acids is 1. The molecule has 2 aromatic rings. The number of aliphatic hydroxyl groups excluding tert-OH is 1. The Morgan fingerprint density at radius 2 is 1.95 bits per heavy atom. The number of carbonyl (C=O) groups is 1. The van der Waals surface area contributed by atoms with Crippen LogP contribution in [0.5, 0.6) is 17.2 Å². The molecule has 110 valence electrons. The van der Waals surface area contributed by atoms with Gasteiger partial charge in [-0.25, -0.2) is 0 Å². The number of methoxy groups -OCH3 is 1. The molecule has 0 amide bonds. The molecule has 0 atom stereocenters. The van der Waals surface area contributed by atoms with Crippen molar-refractivity contribution in [2.24, 2.45) is 0 Å². The summed E-state index contributed by atoms with van der Waals surface area (Å²) in [7, 11) is 1.54. The second-order valence-corrected chi connectivity index (χ2v) is 5.30. The molecule has 0 bridgehead atoms. The second-order valence-electron chi connectivity index (χ2n) is 4.44. The predicted molar refractivity (Wildman–Crippen MR) is 83.1 cm³/mol. The molecular weight excluding hydrogens is 336 g/mol. The zero-order chi connectivity index (χ0) is 15.4. The van der Waals surface area contributed by atoms with Crippen molar-refractivity contribution in [1.29, 1.82) is 0 Å². The second kappa shape index (κ2) is 6.74. The number of Topliss-reactive ketones (excluding diaryl/α,β-unsaturated/α-hetero) is 1. The summed E-state index contributed by atoms with van der Waals surface area (Å²) in [5.74, 6) is 1.64. The Kier molecular flexibility index (Phi) is 4.98. The number of aliphatic hydroxyl groups is 1. The van der Waals surface area contributed by atoms with Gasteiger partial charge in [0.1, 0.15) is 5.75 Å². The summed E-state index contributed by atoms with van der Waals surface area (Å²) in [4.78, 5) is 11.4. The predicted octanol–water partition coefficient (Wildman–Crippen LogP) is 3.94. The maximum absolute atomic E-state index is 11.4. The van der Waals surface area contributed by atoms with Crippen LogP contribution in [0.1, 0.15) is 22.8 Å². The number of halogens is 1. The number of rotatable bonds is 5. The molecule has 0 aliphatic carbocycles. The van der Waals surface area contributed by atoms with Gasteiger partial charge < -0.3 is 14.6 Å². The van der Waals surface area contributed by atoms with E-state index in [0.29, 0.717) is 27.3 Å². The molecule has 2 aromatic carbocycles. The van der Waals surface area contributed by atoms with Crippen LogP contribution in [0.25, 0.3) is 0 Å². The van der Waals surface area contributed by atoms with Crippen molar-refractivity contribution in [2.75, 3.05) is 7.11 Å². The van der Waals surface area contributed by atoms with Gasteiger partial charge in [-0.15, -0.1) is 0 Å². The number of hydrogen-bond donors (Lipinski definition) is 1. The number of ketones is 1. The first-order valence-electron chi connectivity index (χ1n) is 6.31. The molecule has 0 aliphatic heterocycles. The van der Waals surface area contributed by atoms with Crippen LogP contribution < -0.4 is 9.47 Å². The van der Waals surface area contributed by atoms with E-state index in [1.165, 1.54) is 14.0 Å². The van der Waals surface area contributed by atoms with Gasteiger partial charge in [0.15, 0.2) is 17.3 Å². The van der Waals surface area contributed by atoms with Gasteiger partial charge in [-0.05, 0) is 58.7 Å². The molecule has 0 saturated heterocycles. The Labute approximate surface area is 131 Å². The van der Waals surface area contributed by atoms with E-state index >= 15 is 0 Å². The SMILES string of the molecule is COc1cc(CO)ccc1Oc1ccc(C(C)=O)c(Br)c1. The van der Waals surface area contributed by atoms with E-state index in [-0.39, 0.29) is 12.4 Å². The van der Waals surface area contributed by atoms with Crippen LogP contribution >= 0.6 is 15.9 Å². The van der Waals surface area contributed by atoms with Gasteiger partial charge in [0, 0.05) is 10.0 Å². The van der Waals surface area contributed by atoms with E-state index < -0.39 is 0 Å². The lowest BCUT2D eigenvalue weighted by Crippen LogP contribution is -1.95. The zero-order valence-electron chi connectivity index (χ0n) is 11.7. The Hall–Kier alpha value is -1.85. The van der Waals surface area contributed by atoms with Gasteiger partial charge in [0.25, 0.3) is 0 Å². The quantitative estimate of drug-likeness (QED) is 0.829. The first kappa shape index (κ1) is 15.5. The molecule has 0 fully saturated rings. The van der Waals surface area contributed by atoms with Crippen molar-refractivity contribution >= 4 is 21.7 Å². The highest BCUT2D eigenvalue weighted by Gasteiger charge is 2.10. The van der Waals surface area contributed by atoms with Crippen LogP contribution in [0.15, 0.2) is 40.9 Å². The van der Waals surface area contributed by atoms with Crippen molar-refractivity contribution in [1.82, 2.24) is 0 Å². The minimum Gasteiger partial charge on any atom is -0.493 e. The Morgan fingerprint density at radius 1 is 1.19 bits per heavy atom. The lowest BCUT2D eigenvalue weighted by atomic mass is 10.1. The van der Waals surface area contributed by atoms with Crippen LogP contribution in [-0.4, -0.2) is 18.0 Å². The Balaban J connectivity index is 2.30. The van der Waals surface area contributed by atoms with E-state index in [1.54, 1.807) is 36.4 Å². The monoisotopic (exact) mass is 350 g/mol. The average molecular weight is 351 g/mol. The minimum absolute atomic E-state index is 0.0155. The summed E-state index contributed by atoms with van der Waals surface area (Å²) in [6.07, 6.45) is 0. The molecule has 0 spiro atoms. The third kappa shape index (κ3) is 3.62. The highest BCUT2D eigenvalue weighted by molar-refractivity contribution is 9.10. The summed E-state index contributed by atoms with van der Waals surface area (Å²) < 4.78 is 11.7. The lowest BCUT2D eigenvalue weighted by Gasteiger charge is -2.12. The van der Waals surface area contributed by atoms with Crippen molar-refractivity contribution in [3.05, 3.63) is 52.0 Å². The van der Waals surface area contributed by atoms with Crippen molar-refractivity contribution in [3.63, 3.8) is 0 Å². The third-order valence-electron chi connectivity index (χ3n) is 2.96.